The lowest BCUT2D eigenvalue weighted by Gasteiger charge is -2.36. The highest BCUT2D eigenvalue weighted by atomic mass is 16.1. The summed E-state index contributed by atoms with van der Waals surface area (Å²) in [6.07, 6.45) is 5.17. The van der Waals surface area contributed by atoms with Crippen LogP contribution in [0.25, 0.3) is 0 Å². The second-order valence-electron chi connectivity index (χ2n) is 10.4. The Balaban J connectivity index is 0.00000115. The zero-order chi connectivity index (χ0) is 27.8. The van der Waals surface area contributed by atoms with Crippen molar-refractivity contribution in [1.82, 2.24) is 10.2 Å². The minimum atomic E-state index is 0. The molecule has 0 amide bonds. The van der Waals surface area contributed by atoms with E-state index in [1.165, 1.54) is 5.56 Å². The standard InChI is InChI=1S/C25H41N3.C8H8O.CH4/c1-9-19-28(24(10-2)26-8)20(3)23(27-21(4)25(5,6)7)18-14-17-22-15-12-11-13-16-22;1-7(9)8-5-3-2-4-6-8;/h11-13,15-16,23,27H,3-4,9-10,14,17-19H2,1-2,5-8H3;2-6H,1H3;1H4. The Labute approximate surface area is 234 Å². The monoisotopic (exact) mass is 519 g/mol. The molecule has 0 bridgehead atoms. The van der Waals surface area contributed by atoms with Gasteiger partial charge in [0.25, 0.3) is 0 Å². The number of benzene rings is 2. The fourth-order valence-electron chi connectivity index (χ4n) is 3.90. The van der Waals surface area contributed by atoms with E-state index in [2.05, 4.69) is 93.3 Å². The molecule has 210 valence electrons. The van der Waals surface area contributed by atoms with Gasteiger partial charge in [-0.25, -0.2) is 0 Å². The number of amidine groups is 1. The van der Waals surface area contributed by atoms with Gasteiger partial charge in [0, 0.05) is 42.4 Å². The van der Waals surface area contributed by atoms with Crippen LogP contribution >= 0.6 is 0 Å². The molecule has 0 radical (unpaired) electrons. The van der Waals surface area contributed by atoms with Gasteiger partial charge in [0.15, 0.2) is 5.78 Å². The minimum Gasteiger partial charge on any atom is -0.380 e. The highest BCUT2D eigenvalue weighted by Gasteiger charge is 2.24. The quantitative estimate of drug-likeness (QED) is 0.173. The highest BCUT2D eigenvalue weighted by Crippen LogP contribution is 2.25. The van der Waals surface area contributed by atoms with E-state index in [0.717, 1.165) is 61.4 Å². The van der Waals surface area contributed by atoms with Crippen LogP contribution in [0.4, 0.5) is 0 Å². The summed E-state index contributed by atoms with van der Waals surface area (Å²) in [6.45, 7) is 22.3. The van der Waals surface area contributed by atoms with Crippen molar-refractivity contribution in [3.05, 3.63) is 96.3 Å². The molecule has 38 heavy (non-hydrogen) atoms. The first kappa shape index (κ1) is 34.9. The lowest BCUT2D eigenvalue weighted by molar-refractivity contribution is 0.101. The van der Waals surface area contributed by atoms with Crippen molar-refractivity contribution in [3.63, 3.8) is 0 Å². The van der Waals surface area contributed by atoms with Crippen LogP contribution in [0.5, 0.6) is 0 Å². The molecule has 4 heteroatoms. The lowest BCUT2D eigenvalue weighted by Crippen LogP contribution is -2.42. The van der Waals surface area contributed by atoms with Crippen molar-refractivity contribution >= 4 is 11.6 Å². The van der Waals surface area contributed by atoms with E-state index < -0.39 is 0 Å². The van der Waals surface area contributed by atoms with Gasteiger partial charge in [-0.3, -0.25) is 9.79 Å². The van der Waals surface area contributed by atoms with Crippen molar-refractivity contribution in [1.29, 1.82) is 0 Å². The predicted octanol–water partition coefficient (Wildman–Crippen LogP) is 8.72. The molecule has 0 saturated carbocycles. The fraction of sp³-hybridized carbons (Fsp3) is 0.471. The molecule has 0 saturated heterocycles. The van der Waals surface area contributed by atoms with Crippen molar-refractivity contribution in [2.24, 2.45) is 10.4 Å². The SMILES string of the molecule is C.C=C(C(CCCc1ccccc1)NC(=C)C(C)(C)C)N(CCC)C(CC)=NC.CC(=O)c1ccccc1. The van der Waals surface area contributed by atoms with Gasteiger partial charge in [-0.2, -0.15) is 0 Å². The van der Waals surface area contributed by atoms with Crippen molar-refractivity contribution in [2.75, 3.05) is 13.6 Å². The Morgan fingerprint density at radius 3 is 1.97 bits per heavy atom. The number of aryl methyl sites for hydroxylation is 1. The summed E-state index contributed by atoms with van der Waals surface area (Å²) in [4.78, 5) is 17.5. The van der Waals surface area contributed by atoms with E-state index in [0.29, 0.717) is 0 Å². The van der Waals surface area contributed by atoms with E-state index in [9.17, 15) is 4.79 Å². The number of carbonyl (C=O) groups excluding carboxylic acids is 1. The van der Waals surface area contributed by atoms with E-state index in [4.69, 9.17) is 0 Å². The molecule has 0 aliphatic rings. The van der Waals surface area contributed by atoms with Crippen molar-refractivity contribution in [2.45, 2.75) is 87.1 Å². The van der Waals surface area contributed by atoms with Crippen LogP contribution in [0.2, 0.25) is 0 Å². The molecule has 0 spiro atoms. The smallest absolute Gasteiger partial charge is 0.159 e. The van der Waals surface area contributed by atoms with Gasteiger partial charge in [-0.1, -0.05) is 116 Å². The number of Topliss-reactive ketones (excluding diaryl/α,β-unsaturated/α-hetero) is 1. The molecule has 0 aromatic heterocycles. The van der Waals surface area contributed by atoms with Crippen LogP contribution in [-0.4, -0.2) is 36.2 Å². The molecule has 2 aromatic carbocycles. The largest absolute Gasteiger partial charge is 0.380 e. The summed E-state index contributed by atoms with van der Waals surface area (Å²) >= 11 is 0. The summed E-state index contributed by atoms with van der Waals surface area (Å²) < 4.78 is 0. The van der Waals surface area contributed by atoms with Crippen molar-refractivity contribution < 1.29 is 4.79 Å². The zero-order valence-corrected chi connectivity index (χ0v) is 24.3. The maximum absolute atomic E-state index is 10.6. The third-order valence-electron chi connectivity index (χ3n) is 6.32. The van der Waals surface area contributed by atoms with Crippen LogP contribution < -0.4 is 5.32 Å². The van der Waals surface area contributed by atoms with E-state index >= 15 is 0 Å². The minimum absolute atomic E-state index is 0. The average Bonchev–Trinajstić information content (AvgIpc) is 2.88. The Bertz CT molecular complexity index is 987. The number of hydrogen-bond acceptors (Lipinski definition) is 3. The first-order chi connectivity index (χ1) is 17.5. The number of rotatable bonds is 12. The van der Waals surface area contributed by atoms with Gasteiger partial charge < -0.3 is 10.2 Å². The van der Waals surface area contributed by atoms with E-state index in [1.54, 1.807) is 6.92 Å². The molecule has 1 N–H and O–H groups in total. The van der Waals surface area contributed by atoms with Gasteiger partial charge in [0.1, 0.15) is 5.84 Å². The van der Waals surface area contributed by atoms with Crippen LogP contribution in [0.3, 0.4) is 0 Å². The van der Waals surface area contributed by atoms with Crippen LogP contribution in [0.1, 0.15) is 90.6 Å². The molecule has 0 heterocycles. The van der Waals surface area contributed by atoms with Crippen LogP contribution in [0, 0.1) is 5.41 Å². The normalized spacial score (nSPS) is 11.8. The van der Waals surface area contributed by atoms with Gasteiger partial charge in [0.2, 0.25) is 0 Å². The molecule has 0 aliphatic carbocycles. The van der Waals surface area contributed by atoms with Crippen LogP contribution in [-0.2, 0) is 6.42 Å². The second kappa shape index (κ2) is 18.2. The molecule has 1 atom stereocenters. The van der Waals surface area contributed by atoms with Gasteiger partial charge in [-0.05, 0) is 38.2 Å². The van der Waals surface area contributed by atoms with E-state index in [1.807, 2.05) is 37.4 Å². The number of hydrogen-bond donors (Lipinski definition) is 1. The summed E-state index contributed by atoms with van der Waals surface area (Å²) in [5.74, 6) is 1.22. The number of carbonyl (C=O) groups is 1. The zero-order valence-electron chi connectivity index (χ0n) is 24.3. The van der Waals surface area contributed by atoms with Gasteiger partial charge in [-0.15, -0.1) is 0 Å². The second-order valence-corrected chi connectivity index (χ2v) is 10.4. The Hall–Kier alpha value is -3.14. The maximum atomic E-state index is 10.6. The molecule has 4 nitrogen and oxygen atoms in total. The number of ketones is 1. The fourth-order valence-corrected chi connectivity index (χ4v) is 3.90. The first-order valence-corrected chi connectivity index (χ1v) is 13.5. The number of nitrogens with zero attached hydrogens (tertiary/aromatic N) is 2. The highest BCUT2D eigenvalue weighted by molar-refractivity contribution is 5.93. The third-order valence-corrected chi connectivity index (χ3v) is 6.32. The van der Waals surface area contributed by atoms with Crippen molar-refractivity contribution in [3.8, 4) is 0 Å². The summed E-state index contributed by atoms with van der Waals surface area (Å²) in [5, 5.41) is 3.69. The van der Waals surface area contributed by atoms with Gasteiger partial charge in [0.05, 0.1) is 6.04 Å². The summed E-state index contributed by atoms with van der Waals surface area (Å²) in [7, 11) is 1.88. The first-order valence-electron chi connectivity index (χ1n) is 13.5. The molecule has 1 unspecified atom stereocenters. The lowest BCUT2D eigenvalue weighted by atomic mass is 9.91. The van der Waals surface area contributed by atoms with E-state index in [-0.39, 0.29) is 24.7 Å². The number of nitrogens with one attached hydrogen (secondary N) is 1. The predicted molar refractivity (Wildman–Crippen MR) is 168 cm³/mol. The number of allylic oxidation sites excluding steroid dienone is 1. The topological polar surface area (TPSA) is 44.7 Å². The average molecular weight is 520 g/mol. The Kier molecular flexibility index (Phi) is 16.7. The number of aliphatic imine (C=N–C) groups is 1. The third kappa shape index (κ3) is 12.4. The molecular weight excluding hydrogens is 466 g/mol. The molecule has 0 fully saturated rings. The van der Waals surface area contributed by atoms with Crippen LogP contribution in [0.15, 0.2) is 90.2 Å². The Morgan fingerprint density at radius 2 is 1.55 bits per heavy atom. The molecule has 0 aliphatic heterocycles. The molecule has 2 rings (SSSR count). The maximum Gasteiger partial charge on any atom is 0.159 e. The Morgan fingerprint density at radius 1 is 1.00 bits per heavy atom. The summed E-state index contributed by atoms with van der Waals surface area (Å²) in [5.41, 5.74) is 4.33. The molecular formula is C34H53N3O. The summed E-state index contributed by atoms with van der Waals surface area (Å²) in [6, 6.07) is 20.1. The molecule has 2 aromatic rings. The van der Waals surface area contributed by atoms with Gasteiger partial charge >= 0.3 is 0 Å².